The van der Waals surface area contributed by atoms with Gasteiger partial charge in [-0.2, -0.15) is 5.26 Å². The number of hydrogen-bond donors (Lipinski definition) is 1. The van der Waals surface area contributed by atoms with E-state index in [0.717, 1.165) is 24.8 Å². The summed E-state index contributed by atoms with van der Waals surface area (Å²) in [5.74, 6) is -0.0937. The Morgan fingerprint density at radius 2 is 2.20 bits per heavy atom. The Morgan fingerprint density at radius 1 is 1.35 bits per heavy atom. The highest BCUT2D eigenvalue weighted by molar-refractivity contribution is 7.10. The molecule has 1 aliphatic carbocycles. The molecule has 0 saturated carbocycles. The molecular weight excluding hydrogens is 268 g/mol. The van der Waals surface area contributed by atoms with E-state index in [1.165, 1.54) is 4.88 Å². The Kier molecular flexibility index (Phi) is 3.53. The molecule has 20 heavy (non-hydrogen) atoms. The lowest BCUT2D eigenvalue weighted by atomic mass is 9.87. The summed E-state index contributed by atoms with van der Waals surface area (Å²) >= 11 is 1.73. The van der Waals surface area contributed by atoms with Crippen LogP contribution in [-0.4, -0.2) is 5.91 Å². The molecule has 4 heteroatoms. The summed E-state index contributed by atoms with van der Waals surface area (Å²) < 4.78 is 0. The maximum absolute atomic E-state index is 12.5. The number of benzene rings is 1. The molecule has 3 rings (SSSR count). The molecule has 2 aromatic rings. The number of rotatable bonds is 2. The van der Waals surface area contributed by atoms with Gasteiger partial charge < -0.3 is 5.32 Å². The number of fused-ring (bicyclic) bond motifs is 1. The van der Waals surface area contributed by atoms with Gasteiger partial charge in [-0.15, -0.1) is 11.3 Å². The van der Waals surface area contributed by atoms with E-state index < -0.39 is 0 Å². The summed E-state index contributed by atoms with van der Waals surface area (Å²) in [4.78, 5) is 13.8. The summed E-state index contributed by atoms with van der Waals surface area (Å²) in [6.45, 7) is 0. The first-order valence-corrected chi connectivity index (χ1v) is 7.54. The van der Waals surface area contributed by atoms with Crippen molar-refractivity contribution < 1.29 is 4.79 Å². The fourth-order valence-corrected chi connectivity index (χ4v) is 3.66. The molecule has 1 unspecified atom stereocenters. The fourth-order valence-electron chi connectivity index (χ4n) is 2.67. The predicted octanol–water partition coefficient (Wildman–Crippen LogP) is 3.68. The molecular formula is C16H14N2OS. The van der Waals surface area contributed by atoms with Gasteiger partial charge in [-0.25, -0.2) is 0 Å². The minimum atomic E-state index is -0.0863. The van der Waals surface area contributed by atoms with Crippen molar-refractivity contribution in [2.75, 3.05) is 5.32 Å². The fraction of sp³-hybridized carbons (Fsp3) is 0.250. The number of carbonyl (C=O) groups is 1. The molecule has 0 aliphatic heterocycles. The van der Waals surface area contributed by atoms with Crippen LogP contribution in [0, 0.1) is 11.3 Å². The van der Waals surface area contributed by atoms with Crippen LogP contribution in [0.2, 0.25) is 0 Å². The van der Waals surface area contributed by atoms with Crippen LogP contribution in [0.25, 0.3) is 0 Å². The molecule has 1 heterocycles. The maximum atomic E-state index is 12.5. The van der Waals surface area contributed by atoms with E-state index >= 15 is 0 Å². The molecule has 1 amide bonds. The van der Waals surface area contributed by atoms with Crippen LogP contribution in [0.1, 0.15) is 34.8 Å². The summed E-state index contributed by atoms with van der Waals surface area (Å²) in [7, 11) is 0. The highest BCUT2D eigenvalue weighted by Gasteiger charge is 2.27. The molecule has 0 bridgehead atoms. The predicted molar refractivity (Wildman–Crippen MR) is 79.8 cm³/mol. The topological polar surface area (TPSA) is 52.9 Å². The summed E-state index contributed by atoms with van der Waals surface area (Å²) in [6, 6.07) is 11.3. The van der Waals surface area contributed by atoms with Gasteiger partial charge in [0.15, 0.2) is 0 Å². The second-order valence-electron chi connectivity index (χ2n) is 4.89. The molecule has 0 saturated heterocycles. The van der Waals surface area contributed by atoms with Crippen LogP contribution in [0.3, 0.4) is 0 Å². The van der Waals surface area contributed by atoms with Crippen molar-refractivity contribution in [2.24, 2.45) is 0 Å². The molecule has 0 fully saturated rings. The Labute approximate surface area is 121 Å². The summed E-state index contributed by atoms with van der Waals surface area (Å²) in [6.07, 6.45) is 3.00. The number of anilines is 1. The Hall–Kier alpha value is -2.12. The number of nitriles is 1. The lowest BCUT2D eigenvalue weighted by Gasteiger charge is -2.22. The lowest BCUT2D eigenvalue weighted by Crippen LogP contribution is -2.24. The van der Waals surface area contributed by atoms with E-state index in [4.69, 9.17) is 5.26 Å². The molecule has 0 spiro atoms. The zero-order valence-electron chi connectivity index (χ0n) is 10.9. The van der Waals surface area contributed by atoms with Gasteiger partial charge >= 0.3 is 0 Å². The van der Waals surface area contributed by atoms with Crippen LogP contribution < -0.4 is 5.32 Å². The highest BCUT2D eigenvalue weighted by Crippen LogP contribution is 2.35. The molecule has 1 atom stereocenters. The average Bonchev–Trinajstić information content (AvgIpc) is 2.96. The third kappa shape index (κ3) is 2.33. The van der Waals surface area contributed by atoms with Gasteiger partial charge in [-0.3, -0.25) is 4.79 Å². The zero-order valence-corrected chi connectivity index (χ0v) is 11.7. The molecule has 1 aromatic carbocycles. The number of para-hydroxylation sites is 1. The number of nitrogens with one attached hydrogen (secondary N) is 1. The Bertz CT molecular complexity index is 684. The van der Waals surface area contributed by atoms with Gasteiger partial charge in [0.05, 0.1) is 17.2 Å². The van der Waals surface area contributed by atoms with Crippen molar-refractivity contribution in [3.05, 3.63) is 51.7 Å². The summed E-state index contributed by atoms with van der Waals surface area (Å²) in [5, 5.41) is 14.0. The average molecular weight is 282 g/mol. The first-order chi connectivity index (χ1) is 9.79. The molecule has 100 valence electrons. The van der Waals surface area contributed by atoms with Crippen molar-refractivity contribution in [2.45, 2.75) is 25.2 Å². The van der Waals surface area contributed by atoms with Crippen molar-refractivity contribution in [3.8, 4) is 6.07 Å². The van der Waals surface area contributed by atoms with Gasteiger partial charge in [0, 0.05) is 4.88 Å². The van der Waals surface area contributed by atoms with Crippen LogP contribution in [0.4, 0.5) is 5.69 Å². The lowest BCUT2D eigenvalue weighted by molar-refractivity contribution is -0.117. The SMILES string of the molecule is N#Cc1ccccc1NC(=O)C1CCCc2sccc21. The number of hydrogen-bond acceptors (Lipinski definition) is 3. The first kappa shape index (κ1) is 12.9. The number of carbonyl (C=O) groups excluding carboxylic acids is 1. The largest absolute Gasteiger partial charge is 0.324 e. The molecule has 3 nitrogen and oxygen atoms in total. The van der Waals surface area contributed by atoms with Crippen LogP contribution in [-0.2, 0) is 11.2 Å². The van der Waals surface area contributed by atoms with Gasteiger partial charge in [0.25, 0.3) is 0 Å². The number of thiophene rings is 1. The van der Waals surface area contributed by atoms with E-state index in [-0.39, 0.29) is 11.8 Å². The Morgan fingerprint density at radius 3 is 3.05 bits per heavy atom. The summed E-state index contributed by atoms with van der Waals surface area (Å²) in [5.41, 5.74) is 2.26. The first-order valence-electron chi connectivity index (χ1n) is 6.66. The molecule has 0 radical (unpaired) electrons. The van der Waals surface area contributed by atoms with Crippen LogP contribution in [0.5, 0.6) is 0 Å². The van der Waals surface area contributed by atoms with Crippen molar-refractivity contribution in [3.63, 3.8) is 0 Å². The van der Waals surface area contributed by atoms with Gasteiger partial charge in [-0.1, -0.05) is 12.1 Å². The monoisotopic (exact) mass is 282 g/mol. The van der Waals surface area contributed by atoms with E-state index in [9.17, 15) is 4.79 Å². The van der Waals surface area contributed by atoms with Crippen molar-refractivity contribution in [1.29, 1.82) is 5.26 Å². The van der Waals surface area contributed by atoms with Gasteiger partial charge in [0.1, 0.15) is 6.07 Å². The zero-order chi connectivity index (χ0) is 13.9. The van der Waals surface area contributed by atoms with Gasteiger partial charge in [0.2, 0.25) is 5.91 Å². The van der Waals surface area contributed by atoms with Crippen LogP contribution in [0.15, 0.2) is 35.7 Å². The third-order valence-corrected chi connectivity index (χ3v) is 4.67. The maximum Gasteiger partial charge on any atom is 0.231 e. The normalized spacial score (nSPS) is 17.1. The molecule has 1 N–H and O–H groups in total. The van der Waals surface area contributed by atoms with E-state index in [1.54, 1.807) is 29.5 Å². The quantitative estimate of drug-likeness (QED) is 0.913. The van der Waals surface area contributed by atoms with Crippen molar-refractivity contribution >= 4 is 22.9 Å². The van der Waals surface area contributed by atoms with Crippen LogP contribution >= 0.6 is 11.3 Å². The molecule has 1 aliphatic rings. The van der Waals surface area contributed by atoms with E-state index in [1.807, 2.05) is 6.07 Å². The number of aryl methyl sites for hydroxylation is 1. The highest BCUT2D eigenvalue weighted by atomic mass is 32.1. The van der Waals surface area contributed by atoms with E-state index in [2.05, 4.69) is 22.8 Å². The second-order valence-corrected chi connectivity index (χ2v) is 5.89. The number of amides is 1. The minimum Gasteiger partial charge on any atom is -0.324 e. The second kappa shape index (κ2) is 5.48. The van der Waals surface area contributed by atoms with Gasteiger partial charge in [-0.05, 0) is 48.4 Å². The third-order valence-electron chi connectivity index (χ3n) is 3.67. The Balaban J connectivity index is 1.83. The minimum absolute atomic E-state index is 0.00736. The standard InChI is InChI=1S/C16H14N2OS/c17-10-11-4-1-2-6-14(11)18-16(19)13-5-3-7-15-12(13)8-9-20-15/h1-2,4,6,8-9,13H,3,5,7H2,(H,18,19). The van der Waals surface area contributed by atoms with E-state index in [0.29, 0.717) is 11.3 Å². The number of nitrogens with zero attached hydrogens (tertiary/aromatic N) is 1. The smallest absolute Gasteiger partial charge is 0.231 e. The van der Waals surface area contributed by atoms with Crippen molar-refractivity contribution in [1.82, 2.24) is 0 Å². The molecule has 1 aromatic heterocycles.